The molecule has 16 heavy (non-hydrogen) atoms. The van der Waals surface area contributed by atoms with Gasteiger partial charge in [0.05, 0.1) is 6.10 Å². The molecule has 1 rings (SSSR count). The first-order chi connectivity index (χ1) is 7.49. The molecule has 1 aromatic carbocycles. The molecule has 0 heterocycles. The van der Waals surface area contributed by atoms with Gasteiger partial charge in [-0.1, -0.05) is 31.5 Å². The zero-order valence-corrected chi connectivity index (χ0v) is 10.5. The molecule has 1 nitrogen and oxygen atoms in total. The summed E-state index contributed by atoms with van der Waals surface area (Å²) < 4.78 is 13.4. The minimum Gasteiger partial charge on any atom is -0.393 e. The van der Waals surface area contributed by atoms with Crippen LogP contribution >= 0.6 is 11.6 Å². The van der Waals surface area contributed by atoms with Gasteiger partial charge >= 0.3 is 0 Å². The summed E-state index contributed by atoms with van der Waals surface area (Å²) in [5.74, 6) is 0.175. The van der Waals surface area contributed by atoms with Gasteiger partial charge in [0.15, 0.2) is 0 Å². The van der Waals surface area contributed by atoms with Crippen molar-refractivity contribution in [3.63, 3.8) is 0 Å². The zero-order valence-electron chi connectivity index (χ0n) is 9.71. The maximum atomic E-state index is 13.4. The summed E-state index contributed by atoms with van der Waals surface area (Å²) in [6, 6.07) is 4.67. The van der Waals surface area contributed by atoms with E-state index in [9.17, 15) is 9.50 Å². The molecular weight excluding hydrogens is 227 g/mol. The standard InChI is InChI=1S/C13H18ClFO/c1-9(2)7-12(16)6-4-10-3-5-11(14)8-13(10)15/h3,5,8-9,12,16H,4,6-7H2,1-2H3. The maximum Gasteiger partial charge on any atom is 0.127 e. The Bertz CT molecular complexity index is 339. The first-order valence-corrected chi connectivity index (χ1v) is 5.99. The van der Waals surface area contributed by atoms with Crippen LogP contribution in [0.1, 0.15) is 32.3 Å². The van der Waals surface area contributed by atoms with Crippen LogP contribution in [0.4, 0.5) is 4.39 Å². The van der Waals surface area contributed by atoms with E-state index in [4.69, 9.17) is 11.6 Å². The van der Waals surface area contributed by atoms with Crippen molar-refractivity contribution in [3.05, 3.63) is 34.6 Å². The molecule has 0 spiro atoms. The van der Waals surface area contributed by atoms with E-state index in [1.807, 2.05) is 0 Å². The van der Waals surface area contributed by atoms with Crippen molar-refractivity contribution in [2.45, 2.75) is 39.2 Å². The van der Waals surface area contributed by atoms with Gasteiger partial charge < -0.3 is 5.11 Å². The second-order valence-electron chi connectivity index (χ2n) is 4.56. The van der Waals surface area contributed by atoms with Gasteiger partial charge in [0.25, 0.3) is 0 Å². The third-order valence-electron chi connectivity index (χ3n) is 2.51. The molecule has 0 amide bonds. The summed E-state index contributed by atoms with van der Waals surface area (Å²) in [6.45, 7) is 4.12. The van der Waals surface area contributed by atoms with E-state index in [2.05, 4.69) is 13.8 Å². The molecule has 3 heteroatoms. The van der Waals surface area contributed by atoms with Gasteiger partial charge in [0, 0.05) is 5.02 Å². The van der Waals surface area contributed by atoms with E-state index in [-0.39, 0.29) is 11.9 Å². The minimum atomic E-state index is -0.352. The number of hydrogen-bond acceptors (Lipinski definition) is 1. The van der Waals surface area contributed by atoms with Crippen LogP contribution in [0.25, 0.3) is 0 Å². The lowest BCUT2D eigenvalue weighted by Crippen LogP contribution is -2.11. The molecular formula is C13H18ClFO. The summed E-state index contributed by atoms with van der Waals surface area (Å²) in [5, 5.41) is 10.1. The normalized spacial score (nSPS) is 13.1. The Labute approximate surface area is 101 Å². The molecule has 1 unspecified atom stereocenters. The monoisotopic (exact) mass is 244 g/mol. The van der Waals surface area contributed by atoms with Crippen LogP contribution in [0.2, 0.25) is 5.02 Å². The highest BCUT2D eigenvalue weighted by molar-refractivity contribution is 6.30. The van der Waals surface area contributed by atoms with Crippen molar-refractivity contribution in [2.75, 3.05) is 0 Å². The van der Waals surface area contributed by atoms with E-state index in [1.165, 1.54) is 6.07 Å². The van der Waals surface area contributed by atoms with Crippen molar-refractivity contribution in [3.8, 4) is 0 Å². The molecule has 1 aromatic rings. The number of aliphatic hydroxyl groups excluding tert-OH is 1. The fourth-order valence-electron chi connectivity index (χ4n) is 1.71. The van der Waals surface area contributed by atoms with E-state index in [1.54, 1.807) is 12.1 Å². The van der Waals surface area contributed by atoms with E-state index in [0.717, 1.165) is 6.42 Å². The lowest BCUT2D eigenvalue weighted by Gasteiger charge is -2.13. The molecule has 0 aliphatic heterocycles. The highest BCUT2D eigenvalue weighted by Gasteiger charge is 2.09. The van der Waals surface area contributed by atoms with E-state index in [0.29, 0.717) is 29.3 Å². The Morgan fingerprint density at radius 3 is 2.62 bits per heavy atom. The molecule has 0 aromatic heterocycles. The maximum absolute atomic E-state index is 13.4. The van der Waals surface area contributed by atoms with Crippen molar-refractivity contribution in [1.29, 1.82) is 0 Å². The Morgan fingerprint density at radius 1 is 1.38 bits per heavy atom. The summed E-state index contributed by atoms with van der Waals surface area (Å²) in [5.41, 5.74) is 0.618. The summed E-state index contributed by atoms with van der Waals surface area (Å²) in [6.07, 6.45) is 1.55. The lowest BCUT2D eigenvalue weighted by molar-refractivity contribution is 0.139. The van der Waals surface area contributed by atoms with Crippen LogP contribution < -0.4 is 0 Å². The quantitative estimate of drug-likeness (QED) is 0.835. The molecule has 90 valence electrons. The van der Waals surface area contributed by atoms with E-state index >= 15 is 0 Å². The summed E-state index contributed by atoms with van der Waals surface area (Å²) in [7, 11) is 0. The van der Waals surface area contributed by atoms with Gasteiger partial charge in [0.2, 0.25) is 0 Å². The van der Waals surface area contributed by atoms with Gasteiger partial charge in [-0.05, 0) is 42.9 Å². The van der Waals surface area contributed by atoms with Crippen LogP contribution in [-0.2, 0) is 6.42 Å². The molecule has 0 saturated heterocycles. The number of aryl methyl sites for hydroxylation is 1. The van der Waals surface area contributed by atoms with Crippen molar-refractivity contribution >= 4 is 11.6 Å². The Hall–Kier alpha value is -0.600. The smallest absolute Gasteiger partial charge is 0.127 e. The third kappa shape index (κ3) is 4.50. The van der Waals surface area contributed by atoms with Gasteiger partial charge in [-0.3, -0.25) is 0 Å². The first kappa shape index (κ1) is 13.5. The van der Waals surface area contributed by atoms with E-state index < -0.39 is 0 Å². The molecule has 0 fully saturated rings. The molecule has 0 aliphatic carbocycles. The van der Waals surface area contributed by atoms with Crippen LogP contribution in [-0.4, -0.2) is 11.2 Å². The topological polar surface area (TPSA) is 20.2 Å². The number of halogens is 2. The molecule has 1 N–H and O–H groups in total. The highest BCUT2D eigenvalue weighted by atomic mass is 35.5. The number of benzene rings is 1. The van der Waals surface area contributed by atoms with Gasteiger partial charge in [-0.15, -0.1) is 0 Å². The molecule has 0 saturated carbocycles. The lowest BCUT2D eigenvalue weighted by atomic mass is 9.99. The van der Waals surface area contributed by atoms with Crippen molar-refractivity contribution in [1.82, 2.24) is 0 Å². The fourth-order valence-corrected chi connectivity index (χ4v) is 1.87. The van der Waals surface area contributed by atoms with Crippen LogP contribution in [0.15, 0.2) is 18.2 Å². The van der Waals surface area contributed by atoms with Gasteiger partial charge in [0.1, 0.15) is 5.82 Å². The Kier molecular flexibility index (Phi) is 5.23. The second-order valence-corrected chi connectivity index (χ2v) is 4.99. The fraction of sp³-hybridized carbons (Fsp3) is 0.538. The Balaban J connectivity index is 2.48. The molecule has 0 aliphatic rings. The molecule has 0 bridgehead atoms. The van der Waals surface area contributed by atoms with Crippen LogP contribution in [0, 0.1) is 11.7 Å². The number of rotatable bonds is 5. The Morgan fingerprint density at radius 2 is 2.06 bits per heavy atom. The summed E-state index contributed by atoms with van der Waals surface area (Å²) >= 11 is 5.66. The predicted octanol–water partition coefficient (Wildman–Crippen LogP) is 3.82. The zero-order chi connectivity index (χ0) is 12.1. The first-order valence-electron chi connectivity index (χ1n) is 5.61. The third-order valence-corrected chi connectivity index (χ3v) is 2.74. The van der Waals surface area contributed by atoms with Crippen molar-refractivity contribution < 1.29 is 9.50 Å². The average molecular weight is 245 g/mol. The number of hydrogen-bond donors (Lipinski definition) is 1. The van der Waals surface area contributed by atoms with Crippen LogP contribution in [0.3, 0.4) is 0 Å². The largest absolute Gasteiger partial charge is 0.393 e. The minimum absolute atomic E-state index is 0.288. The van der Waals surface area contributed by atoms with Crippen molar-refractivity contribution in [2.24, 2.45) is 5.92 Å². The highest BCUT2D eigenvalue weighted by Crippen LogP contribution is 2.17. The van der Waals surface area contributed by atoms with Crippen LogP contribution in [0.5, 0.6) is 0 Å². The van der Waals surface area contributed by atoms with Gasteiger partial charge in [-0.25, -0.2) is 4.39 Å². The molecule has 1 atom stereocenters. The average Bonchev–Trinajstić information content (AvgIpc) is 2.15. The molecule has 0 radical (unpaired) electrons. The van der Waals surface area contributed by atoms with Gasteiger partial charge in [-0.2, -0.15) is 0 Å². The number of aliphatic hydroxyl groups is 1. The second kappa shape index (κ2) is 6.21. The SMILES string of the molecule is CC(C)CC(O)CCc1ccc(Cl)cc1F. The predicted molar refractivity (Wildman–Crippen MR) is 65.2 cm³/mol. The summed E-state index contributed by atoms with van der Waals surface area (Å²) in [4.78, 5) is 0.